The molecule has 0 aliphatic carbocycles. The second-order valence-electron chi connectivity index (χ2n) is 4.91. The van der Waals surface area contributed by atoms with Crippen LogP contribution in [0.4, 0.5) is 4.39 Å². The summed E-state index contributed by atoms with van der Waals surface area (Å²) in [5.41, 5.74) is 3.79. The van der Waals surface area contributed by atoms with Gasteiger partial charge in [-0.05, 0) is 42.0 Å². The van der Waals surface area contributed by atoms with E-state index in [0.717, 1.165) is 4.47 Å². The first-order chi connectivity index (χ1) is 11.5. The summed E-state index contributed by atoms with van der Waals surface area (Å²) in [5, 5.41) is 12.9. The maximum absolute atomic E-state index is 12.9. The summed E-state index contributed by atoms with van der Waals surface area (Å²) >= 11 is 3.32. The number of halogens is 2. The van der Waals surface area contributed by atoms with E-state index in [1.165, 1.54) is 24.3 Å². The van der Waals surface area contributed by atoms with E-state index in [2.05, 4.69) is 26.5 Å². The summed E-state index contributed by atoms with van der Waals surface area (Å²) in [6, 6.07) is 12.2. The molecule has 2 aromatic rings. The van der Waals surface area contributed by atoms with Crippen molar-refractivity contribution in [2.45, 2.75) is 12.8 Å². The molecule has 2 N–H and O–H groups in total. The number of aliphatic carboxylic acids is 1. The van der Waals surface area contributed by atoms with Gasteiger partial charge in [0.2, 0.25) is 0 Å². The molecule has 2 rings (SSSR count). The molecule has 0 aromatic heterocycles. The summed E-state index contributed by atoms with van der Waals surface area (Å²) in [6.07, 6.45) is 0.0575. The molecule has 0 atom stereocenters. The van der Waals surface area contributed by atoms with Crippen LogP contribution in [0.15, 0.2) is 58.1 Å². The molecule has 0 radical (unpaired) electrons. The minimum Gasteiger partial charge on any atom is -0.481 e. The minimum absolute atomic E-state index is 0.110. The van der Waals surface area contributed by atoms with Gasteiger partial charge in [0, 0.05) is 16.5 Å². The normalized spacial score (nSPS) is 11.2. The second kappa shape index (κ2) is 8.35. The molecule has 5 nitrogen and oxygen atoms in total. The third-order valence-corrected chi connectivity index (χ3v) is 3.68. The Balaban J connectivity index is 2.17. The zero-order chi connectivity index (χ0) is 17.5. The van der Waals surface area contributed by atoms with Crippen molar-refractivity contribution >= 4 is 33.5 Å². The molecular formula is C17H14BrFN2O3. The zero-order valence-corrected chi connectivity index (χ0v) is 14.1. The number of rotatable bonds is 6. The Hall–Kier alpha value is -2.54. The molecule has 124 valence electrons. The molecule has 0 unspecified atom stereocenters. The van der Waals surface area contributed by atoms with E-state index < -0.39 is 17.7 Å². The topological polar surface area (TPSA) is 78.8 Å². The highest BCUT2D eigenvalue weighted by molar-refractivity contribution is 9.10. The molecule has 7 heteroatoms. The Kier molecular flexibility index (Phi) is 6.20. The lowest BCUT2D eigenvalue weighted by Gasteiger charge is -2.07. The van der Waals surface area contributed by atoms with Crippen molar-refractivity contribution in [1.29, 1.82) is 0 Å². The largest absolute Gasteiger partial charge is 0.481 e. The van der Waals surface area contributed by atoms with Crippen molar-refractivity contribution in [2.24, 2.45) is 5.10 Å². The maximum Gasteiger partial charge on any atom is 0.303 e. The average Bonchev–Trinajstić information content (AvgIpc) is 2.56. The van der Waals surface area contributed by atoms with Gasteiger partial charge in [0.25, 0.3) is 5.91 Å². The SMILES string of the molecule is O=C(O)CC/C(=N/NC(=O)c1ccc(F)cc1)c1ccc(Br)cc1. The summed E-state index contributed by atoms with van der Waals surface area (Å²) in [7, 11) is 0. The standard InChI is InChI=1S/C17H14BrFN2O3/c18-13-5-1-11(2-6-13)15(9-10-16(22)23)20-21-17(24)12-3-7-14(19)8-4-12/h1-8H,9-10H2,(H,21,24)(H,22,23)/b20-15-. The van der Waals surface area contributed by atoms with Gasteiger partial charge in [0.15, 0.2) is 0 Å². The summed E-state index contributed by atoms with van der Waals surface area (Å²) < 4.78 is 13.7. The zero-order valence-electron chi connectivity index (χ0n) is 12.5. The first-order valence-electron chi connectivity index (χ1n) is 7.06. The van der Waals surface area contributed by atoms with Crippen LogP contribution in [0.25, 0.3) is 0 Å². The molecule has 0 fully saturated rings. The van der Waals surface area contributed by atoms with Crippen LogP contribution in [-0.4, -0.2) is 22.7 Å². The molecule has 0 spiro atoms. The molecule has 0 heterocycles. The van der Waals surface area contributed by atoms with Crippen LogP contribution in [0.5, 0.6) is 0 Å². The quantitative estimate of drug-likeness (QED) is 0.582. The van der Waals surface area contributed by atoms with Crippen molar-refractivity contribution in [2.75, 3.05) is 0 Å². The van der Waals surface area contributed by atoms with Crippen molar-refractivity contribution in [1.82, 2.24) is 5.43 Å². The molecule has 0 aliphatic rings. The van der Waals surface area contributed by atoms with Crippen LogP contribution in [0.2, 0.25) is 0 Å². The van der Waals surface area contributed by atoms with Crippen LogP contribution >= 0.6 is 15.9 Å². The Bertz CT molecular complexity index is 758. The number of amides is 1. The lowest BCUT2D eigenvalue weighted by molar-refractivity contribution is -0.136. The van der Waals surface area contributed by atoms with Gasteiger partial charge >= 0.3 is 5.97 Å². The monoisotopic (exact) mass is 392 g/mol. The third kappa shape index (κ3) is 5.27. The van der Waals surface area contributed by atoms with Crippen LogP contribution in [0.3, 0.4) is 0 Å². The number of nitrogens with zero attached hydrogens (tertiary/aromatic N) is 1. The van der Waals surface area contributed by atoms with Crippen molar-refractivity contribution < 1.29 is 19.1 Å². The number of carboxylic acid groups (broad SMARTS) is 1. The summed E-state index contributed by atoms with van der Waals surface area (Å²) in [4.78, 5) is 22.8. The van der Waals surface area contributed by atoms with E-state index in [1.807, 2.05) is 0 Å². The fraction of sp³-hybridized carbons (Fsp3) is 0.118. The van der Waals surface area contributed by atoms with Gasteiger partial charge in [-0.25, -0.2) is 9.82 Å². The Morgan fingerprint density at radius 2 is 1.58 bits per heavy atom. The van der Waals surface area contributed by atoms with E-state index in [0.29, 0.717) is 11.3 Å². The molecule has 24 heavy (non-hydrogen) atoms. The number of benzene rings is 2. The van der Waals surface area contributed by atoms with Crippen molar-refractivity contribution in [3.05, 3.63) is 69.9 Å². The second-order valence-corrected chi connectivity index (χ2v) is 5.82. The van der Waals surface area contributed by atoms with E-state index in [1.54, 1.807) is 24.3 Å². The number of hydrogen-bond acceptors (Lipinski definition) is 3. The van der Waals surface area contributed by atoms with Gasteiger partial charge in [-0.2, -0.15) is 5.10 Å². The first-order valence-corrected chi connectivity index (χ1v) is 7.85. The van der Waals surface area contributed by atoms with Gasteiger partial charge < -0.3 is 5.11 Å². The van der Waals surface area contributed by atoms with E-state index in [4.69, 9.17) is 5.11 Å². The molecule has 1 amide bonds. The first kappa shape index (κ1) is 17.8. The smallest absolute Gasteiger partial charge is 0.303 e. The van der Waals surface area contributed by atoms with Crippen molar-refractivity contribution in [3.8, 4) is 0 Å². The molecule has 0 aliphatic heterocycles. The Morgan fingerprint density at radius 3 is 2.17 bits per heavy atom. The van der Waals surface area contributed by atoms with Crippen molar-refractivity contribution in [3.63, 3.8) is 0 Å². The predicted molar refractivity (Wildman–Crippen MR) is 91.4 cm³/mol. The van der Waals surface area contributed by atoms with Gasteiger partial charge in [0.1, 0.15) is 5.82 Å². The molecule has 0 saturated heterocycles. The van der Waals surface area contributed by atoms with Gasteiger partial charge in [-0.1, -0.05) is 28.1 Å². The molecule has 0 bridgehead atoms. The highest BCUT2D eigenvalue weighted by Crippen LogP contribution is 2.13. The van der Waals surface area contributed by atoms with E-state index >= 15 is 0 Å². The number of carboxylic acids is 1. The maximum atomic E-state index is 12.9. The lowest BCUT2D eigenvalue weighted by Crippen LogP contribution is -2.20. The molecular weight excluding hydrogens is 379 g/mol. The molecule has 2 aromatic carbocycles. The highest BCUT2D eigenvalue weighted by atomic mass is 79.9. The van der Waals surface area contributed by atoms with Gasteiger partial charge in [-0.3, -0.25) is 9.59 Å². The van der Waals surface area contributed by atoms with Gasteiger partial charge in [0.05, 0.1) is 12.1 Å². The third-order valence-electron chi connectivity index (χ3n) is 3.15. The van der Waals surface area contributed by atoms with Crippen LogP contribution in [0, 0.1) is 5.82 Å². The number of nitrogens with one attached hydrogen (secondary N) is 1. The van der Waals surface area contributed by atoms with E-state index in [9.17, 15) is 14.0 Å². The number of hydrazone groups is 1. The fourth-order valence-electron chi connectivity index (χ4n) is 1.92. The Labute approximate surface area is 146 Å². The molecule has 0 saturated carbocycles. The number of hydrogen-bond donors (Lipinski definition) is 2. The minimum atomic E-state index is -0.954. The predicted octanol–water partition coefficient (Wildman–Crippen LogP) is 3.59. The lowest BCUT2D eigenvalue weighted by atomic mass is 10.1. The fourth-order valence-corrected chi connectivity index (χ4v) is 2.18. The van der Waals surface area contributed by atoms with Crippen LogP contribution in [-0.2, 0) is 4.79 Å². The average molecular weight is 393 g/mol. The highest BCUT2D eigenvalue weighted by Gasteiger charge is 2.09. The van der Waals surface area contributed by atoms with Crippen LogP contribution in [0.1, 0.15) is 28.8 Å². The summed E-state index contributed by atoms with van der Waals surface area (Å²) in [5.74, 6) is -1.89. The van der Waals surface area contributed by atoms with E-state index in [-0.39, 0.29) is 18.4 Å². The number of carbonyl (C=O) groups is 2. The van der Waals surface area contributed by atoms with Crippen LogP contribution < -0.4 is 5.43 Å². The summed E-state index contributed by atoms with van der Waals surface area (Å²) in [6.45, 7) is 0. The van der Waals surface area contributed by atoms with Gasteiger partial charge in [-0.15, -0.1) is 0 Å². The number of carbonyl (C=O) groups excluding carboxylic acids is 1. The Morgan fingerprint density at radius 1 is 1.00 bits per heavy atom.